The summed E-state index contributed by atoms with van der Waals surface area (Å²) in [7, 11) is 0. The Morgan fingerprint density at radius 1 is 1.22 bits per heavy atom. The van der Waals surface area contributed by atoms with Crippen molar-refractivity contribution in [3.63, 3.8) is 0 Å². The number of aromatic amines is 2. The van der Waals surface area contributed by atoms with Crippen molar-refractivity contribution < 1.29 is 9.47 Å². The normalized spacial score (nSPS) is 12.7. The Bertz CT molecular complexity index is 735. The lowest BCUT2D eigenvalue weighted by atomic mass is 10.1. The average Bonchev–Trinajstić information content (AvgIpc) is 2.74. The van der Waals surface area contributed by atoms with E-state index >= 15 is 0 Å². The first-order valence-electron chi connectivity index (χ1n) is 5.17. The topological polar surface area (TPSA) is 93.1 Å². The van der Waals surface area contributed by atoms with E-state index in [1.807, 2.05) is 0 Å². The third kappa shape index (κ3) is 1.65. The minimum atomic E-state index is -0.338. The van der Waals surface area contributed by atoms with Crippen molar-refractivity contribution in [3.8, 4) is 22.6 Å². The van der Waals surface area contributed by atoms with Crippen molar-refractivity contribution in [1.29, 1.82) is 0 Å². The summed E-state index contributed by atoms with van der Waals surface area (Å²) >= 11 is 4.84. The number of hydrogen-bond acceptors (Lipinski definition) is 5. The molecule has 92 valence electrons. The summed E-state index contributed by atoms with van der Waals surface area (Å²) in [6.45, 7) is 0.182. The van der Waals surface area contributed by atoms with Gasteiger partial charge in [0.1, 0.15) is 5.82 Å². The molecular formula is C11H9N3O3S. The maximum atomic E-state index is 11.9. The van der Waals surface area contributed by atoms with Gasteiger partial charge in [0.25, 0.3) is 5.56 Å². The predicted octanol–water partition coefficient (Wildman–Crippen LogP) is 1.41. The van der Waals surface area contributed by atoms with E-state index < -0.39 is 0 Å². The van der Waals surface area contributed by atoms with Crippen LogP contribution >= 0.6 is 12.2 Å². The van der Waals surface area contributed by atoms with Gasteiger partial charge in [-0.3, -0.25) is 9.78 Å². The van der Waals surface area contributed by atoms with Crippen LogP contribution in [-0.4, -0.2) is 16.8 Å². The highest BCUT2D eigenvalue weighted by molar-refractivity contribution is 7.71. The molecule has 0 unspecified atom stereocenters. The molecule has 0 radical (unpaired) electrons. The zero-order valence-corrected chi connectivity index (χ0v) is 9.97. The SMILES string of the molecule is Nc1[nH]c(=S)[nH]c(=O)c1-c1ccc2c(c1)OCO2. The molecule has 4 N–H and O–H groups in total. The van der Waals surface area contributed by atoms with E-state index in [9.17, 15) is 4.79 Å². The average molecular weight is 263 g/mol. The van der Waals surface area contributed by atoms with Gasteiger partial charge in [-0.2, -0.15) is 0 Å². The van der Waals surface area contributed by atoms with Crippen LogP contribution in [0.25, 0.3) is 11.1 Å². The molecular weight excluding hydrogens is 254 g/mol. The number of benzene rings is 1. The van der Waals surface area contributed by atoms with Gasteiger partial charge in [-0.15, -0.1) is 0 Å². The molecule has 0 fully saturated rings. The number of hydrogen-bond donors (Lipinski definition) is 3. The van der Waals surface area contributed by atoms with Gasteiger partial charge < -0.3 is 20.2 Å². The Morgan fingerprint density at radius 3 is 2.78 bits per heavy atom. The van der Waals surface area contributed by atoms with Crippen LogP contribution in [0.2, 0.25) is 0 Å². The minimum absolute atomic E-state index is 0.182. The number of rotatable bonds is 1. The highest BCUT2D eigenvalue weighted by atomic mass is 32.1. The Kier molecular flexibility index (Phi) is 2.34. The number of aromatic nitrogens is 2. The number of H-pyrrole nitrogens is 2. The summed E-state index contributed by atoms with van der Waals surface area (Å²) in [5.41, 5.74) is 6.43. The van der Waals surface area contributed by atoms with Crippen LogP contribution in [0.4, 0.5) is 5.82 Å². The zero-order valence-electron chi connectivity index (χ0n) is 9.15. The third-order valence-electron chi connectivity index (χ3n) is 2.63. The fraction of sp³-hybridized carbons (Fsp3) is 0.0909. The smallest absolute Gasteiger partial charge is 0.261 e. The molecule has 0 atom stereocenters. The molecule has 18 heavy (non-hydrogen) atoms. The van der Waals surface area contributed by atoms with Crippen molar-refractivity contribution in [2.45, 2.75) is 0 Å². The third-order valence-corrected chi connectivity index (χ3v) is 2.84. The second-order valence-corrected chi connectivity index (χ2v) is 4.17. The van der Waals surface area contributed by atoms with E-state index in [1.165, 1.54) is 0 Å². The second-order valence-electron chi connectivity index (χ2n) is 3.76. The summed E-state index contributed by atoms with van der Waals surface area (Å²) in [6, 6.07) is 5.18. The van der Waals surface area contributed by atoms with E-state index in [2.05, 4.69) is 9.97 Å². The lowest BCUT2D eigenvalue weighted by Gasteiger charge is -2.05. The standard InChI is InChI=1S/C11H9N3O3S/c12-9-8(10(15)14-11(18)13-9)5-1-2-6-7(3-5)17-4-16-6/h1-3H,4H2,(H4,12,13,14,15,18). The maximum absolute atomic E-state index is 11.9. The summed E-state index contributed by atoms with van der Waals surface area (Å²) in [4.78, 5) is 17.1. The van der Waals surface area contributed by atoms with Crippen molar-refractivity contribution in [1.82, 2.24) is 9.97 Å². The first-order chi connectivity index (χ1) is 8.65. The molecule has 1 aliphatic heterocycles. The van der Waals surface area contributed by atoms with Gasteiger partial charge >= 0.3 is 0 Å². The minimum Gasteiger partial charge on any atom is -0.454 e. The zero-order chi connectivity index (χ0) is 12.7. The lowest BCUT2D eigenvalue weighted by Crippen LogP contribution is -2.13. The van der Waals surface area contributed by atoms with Crippen LogP contribution in [-0.2, 0) is 0 Å². The van der Waals surface area contributed by atoms with Crippen LogP contribution in [0, 0.1) is 4.77 Å². The van der Waals surface area contributed by atoms with Crippen molar-refractivity contribution in [2.75, 3.05) is 12.5 Å². The monoisotopic (exact) mass is 263 g/mol. The van der Waals surface area contributed by atoms with Gasteiger partial charge in [0.2, 0.25) is 6.79 Å². The fourth-order valence-corrected chi connectivity index (χ4v) is 2.05. The van der Waals surface area contributed by atoms with Crippen molar-refractivity contribution in [2.24, 2.45) is 0 Å². The van der Waals surface area contributed by atoms with Crippen LogP contribution in [0.3, 0.4) is 0 Å². The van der Waals surface area contributed by atoms with E-state index in [1.54, 1.807) is 18.2 Å². The highest BCUT2D eigenvalue weighted by Crippen LogP contribution is 2.35. The quantitative estimate of drug-likeness (QED) is 0.676. The number of nitrogen functional groups attached to an aromatic ring is 1. The molecule has 0 saturated heterocycles. The summed E-state index contributed by atoms with van der Waals surface area (Å²) < 4.78 is 10.7. The molecule has 0 bridgehead atoms. The van der Waals surface area contributed by atoms with E-state index in [4.69, 9.17) is 27.4 Å². The molecule has 2 aromatic rings. The Hall–Kier alpha value is -2.28. The van der Waals surface area contributed by atoms with E-state index in [-0.39, 0.29) is 22.9 Å². The molecule has 3 rings (SSSR count). The summed E-state index contributed by atoms with van der Waals surface area (Å²) in [6.07, 6.45) is 0. The molecule has 0 saturated carbocycles. The fourth-order valence-electron chi connectivity index (χ4n) is 1.84. The molecule has 1 aromatic heterocycles. The number of nitrogens with two attached hydrogens (primary N) is 1. The van der Waals surface area contributed by atoms with Gasteiger partial charge in [0.15, 0.2) is 16.3 Å². The first kappa shape index (κ1) is 10.8. The van der Waals surface area contributed by atoms with Crippen molar-refractivity contribution >= 4 is 18.0 Å². The molecule has 0 amide bonds. The Labute approximate surface area is 106 Å². The van der Waals surface area contributed by atoms with Gasteiger partial charge in [0.05, 0.1) is 5.56 Å². The molecule has 1 aromatic carbocycles. The number of anilines is 1. The molecule has 1 aliphatic rings. The van der Waals surface area contributed by atoms with Gasteiger partial charge in [-0.25, -0.2) is 0 Å². The van der Waals surface area contributed by atoms with E-state index in [0.717, 1.165) is 0 Å². The van der Waals surface area contributed by atoms with Crippen LogP contribution in [0.5, 0.6) is 11.5 Å². The summed E-state index contributed by atoms with van der Waals surface area (Å²) in [5.74, 6) is 1.47. The second kappa shape index (κ2) is 3.88. The molecule has 0 aliphatic carbocycles. The molecule has 0 spiro atoms. The van der Waals surface area contributed by atoms with E-state index in [0.29, 0.717) is 22.6 Å². The van der Waals surface area contributed by atoms with Gasteiger partial charge in [-0.05, 0) is 29.9 Å². The Balaban J connectivity index is 2.22. The predicted molar refractivity (Wildman–Crippen MR) is 68.2 cm³/mol. The number of nitrogens with one attached hydrogen (secondary N) is 2. The molecule has 7 heteroatoms. The number of ether oxygens (including phenoxy) is 2. The Morgan fingerprint density at radius 2 is 2.00 bits per heavy atom. The van der Waals surface area contributed by atoms with Gasteiger partial charge in [-0.1, -0.05) is 6.07 Å². The van der Waals surface area contributed by atoms with Crippen LogP contribution in [0.15, 0.2) is 23.0 Å². The maximum Gasteiger partial charge on any atom is 0.261 e. The molecule has 6 nitrogen and oxygen atoms in total. The van der Waals surface area contributed by atoms with Crippen LogP contribution < -0.4 is 20.8 Å². The lowest BCUT2D eigenvalue weighted by molar-refractivity contribution is 0.174. The first-order valence-corrected chi connectivity index (χ1v) is 5.58. The number of fused-ring (bicyclic) bond motifs is 1. The molecule has 2 heterocycles. The summed E-state index contributed by atoms with van der Waals surface area (Å²) in [5, 5.41) is 0. The highest BCUT2D eigenvalue weighted by Gasteiger charge is 2.16. The van der Waals surface area contributed by atoms with Crippen LogP contribution in [0.1, 0.15) is 0 Å². The van der Waals surface area contributed by atoms with Crippen molar-refractivity contribution in [3.05, 3.63) is 33.3 Å². The largest absolute Gasteiger partial charge is 0.454 e. The van der Waals surface area contributed by atoms with Gasteiger partial charge in [0, 0.05) is 0 Å².